The van der Waals surface area contributed by atoms with Crippen molar-refractivity contribution in [3.8, 4) is 11.3 Å². The smallest absolute Gasteiger partial charge is 0.290 e. The number of nitrogens with zero attached hydrogens (tertiary/aromatic N) is 3. The lowest BCUT2D eigenvalue weighted by atomic mass is 9.84. The number of hydrogen-bond acceptors (Lipinski definition) is 4. The predicted molar refractivity (Wildman–Crippen MR) is 116 cm³/mol. The monoisotopic (exact) mass is 432 g/mol. The van der Waals surface area contributed by atoms with Gasteiger partial charge in [0.25, 0.3) is 6.47 Å². The number of carbonyl (C=O) groups excluding carboxylic acids is 1. The molecule has 4 rings (SSSR count). The molecule has 0 aliphatic carbocycles. The fourth-order valence-electron chi connectivity index (χ4n) is 4.70. The number of carboxylic acid groups (broad SMARTS) is 1. The summed E-state index contributed by atoms with van der Waals surface area (Å²) < 4.78 is 0. The second kappa shape index (κ2) is 9.62. The second-order valence-electron chi connectivity index (χ2n) is 8.14. The van der Waals surface area contributed by atoms with Crippen LogP contribution in [0.1, 0.15) is 45.1 Å². The van der Waals surface area contributed by atoms with E-state index >= 15 is 0 Å². The zero-order valence-corrected chi connectivity index (χ0v) is 18.2. The van der Waals surface area contributed by atoms with E-state index < -0.39 is 0 Å². The predicted octanol–water partition coefficient (Wildman–Crippen LogP) is 3.80. The number of benzene rings is 1. The molecule has 3 heterocycles. The van der Waals surface area contributed by atoms with E-state index in [-0.39, 0.29) is 18.1 Å². The van der Waals surface area contributed by atoms with E-state index in [1.165, 1.54) is 0 Å². The van der Waals surface area contributed by atoms with Gasteiger partial charge in [0.1, 0.15) is 5.54 Å². The fourth-order valence-corrected chi connectivity index (χ4v) is 4.83. The quantitative estimate of drug-likeness (QED) is 0.717. The minimum atomic E-state index is -0.336. The van der Waals surface area contributed by atoms with E-state index in [9.17, 15) is 4.79 Å². The van der Waals surface area contributed by atoms with Gasteiger partial charge >= 0.3 is 0 Å². The van der Waals surface area contributed by atoms with Gasteiger partial charge in [-0.3, -0.25) is 19.6 Å². The summed E-state index contributed by atoms with van der Waals surface area (Å²) in [5.74, 6) is 0.317. The van der Waals surface area contributed by atoms with Crippen LogP contribution in [0, 0.1) is 0 Å². The van der Waals surface area contributed by atoms with Gasteiger partial charge in [0.05, 0.1) is 11.9 Å². The standard InChI is InChI=1S/C21H27ClN4O.CH2O2/c1-15(2)26-12-4-10-21(20(26)27)9-3-11-25(21)14-17-13-23-24-19(17)16-5-7-18(22)8-6-16;2-1-3/h5-8,13,15H,3-4,9-12,14H2,1-2H3,(H,23,24);1H,(H,2,3). The Morgan fingerprint density at radius 3 is 2.50 bits per heavy atom. The number of amides is 1. The molecule has 1 spiro atoms. The van der Waals surface area contributed by atoms with Crippen LogP contribution in [0.2, 0.25) is 5.02 Å². The Hall–Kier alpha value is -2.38. The van der Waals surface area contributed by atoms with Crippen molar-refractivity contribution >= 4 is 24.0 Å². The highest BCUT2D eigenvalue weighted by Crippen LogP contribution is 2.40. The van der Waals surface area contributed by atoms with E-state index in [1.54, 1.807) is 0 Å². The fraction of sp³-hybridized carbons (Fsp3) is 0.500. The molecule has 2 N–H and O–H groups in total. The van der Waals surface area contributed by atoms with Gasteiger partial charge in [0.2, 0.25) is 5.91 Å². The highest BCUT2D eigenvalue weighted by atomic mass is 35.5. The molecular weight excluding hydrogens is 404 g/mol. The zero-order chi connectivity index (χ0) is 21.7. The summed E-state index contributed by atoms with van der Waals surface area (Å²) in [5.41, 5.74) is 2.88. The third kappa shape index (κ3) is 4.37. The molecule has 1 aromatic carbocycles. The number of carbonyl (C=O) groups is 2. The van der Waals surface area contributed by atoms with E-state index in [0.29, 0.717) is 5.91 Å². The molecule has 2 saturated heterocycles. The summed E-state index contributed by atoms with van der Waals surface area (Å²) in [7, 11) is 0. The molecular formula is C22H29ClN4O3. The number of hydrogen-bond donors (Lipinski definition) is 2. The summed E-state index contributed by atoms with van der Waals surface area (Å²) in [6, 6.07) is 8.06. The number of likely N-dealkylation sites (tertiary alicyclic amines) is 2. The topological polar surface area (TPSA) is 89.5 Å². The van der Waals surface area contributed by atoms with E-state index in [2.05, 4.69) is 33.8 Å². The Bertz CT molecular complexity index is 868. The first kappa shape index (κ1) is 22.3. The van der Waals surface area contributed by atoms with Crippen LogP contribution in [0.5, 0.6) is 0 Å². The Kier molecular flexibility index (Phi) is 7.15. The third-order valence-electron chi connectivity index (χ3n) is 6.11. The van der Waals surface area contributed by atoms with Gasteiger partial charge in [-0.05, 0) is 63.8 Å². The molecule has 0 saturated carbocycles. The average molecular weight is 433 g/mol. The van der Waals surface area contributed by atoms with Crippen LogP contribution >= 0.6 is 11.6 Å². The van der Waals surface area contributed by atoms with Crippen LogP contribution in [-0.4, -0.2) is 62.2 Å². The highest BCUT2D eigenvalue weighted by Gasteiger charge is 2.51. The van der Waals surface area contributed by atoms with Crippen molar-refractivity contribution in [2.45, 2.75) is 57.7 Å². The first-order valence-corrected chi connectivity index (χ1v) is 10.7. The number of nitrogens with one attached hydrogen (secondary N) is 1. The van der Waals surface area contributed by atoms with Crippen LogP contribution in [0.25, 0.3) is 11.3 Å². The van der Waals surface area contributed by atoms with Crippen LogP contribution in [0.4, 0.5) is 0 Å². The Balaban J connectivity index is 0.000000806. The van der Waals surface area contributed by atoms with Crippen molar-refractivity contribution < 1.29 is 14.7 Å². The zero-order valence-electron chi connectivity index (χ0n) is 17.5. The molecule has 162 valence electrons. The van der Waals surface area contributed by atoms with Gasteiger partial charge < -0.3 is 10.0 Å². The van der Waals surface area contributed by atoms with Crippen LogP contribution in [0.3, 0.4) is 0 Å². The van der Waals surface area contributed by atoms with Gasteiger partial charge in [0.15, 0.2) is 0 Å². The molecule has 2 aliphatic rings. The molecule has 2 aliphatic heterocycles. The molecule has 1 unspecified atom stereocenters. The molecule has 1 atom stereocenters. The minimum absolute atomic E-state index is 0.250. The number of H-pyrrole nitrogens is 1. The van der Waals surface area contributed by atoms with Crippen LogP contribution in [0.15, 0.2) is 30.5 Å². The molecule has 1 amide bonds. The van der Waals surface area contributed by atoms with Gasteiger partial charge in [0, 0.05) is 29.7 Å². The van der Waals surface area contributed by atoms with Crippen molar-refractivity contribution in [1.29, 1.82) is 0 Å². The maximum Gasteiger partial charge on any atom is 0.290 e. The SMILES string of the molecule is CC(C)N1CCCC2(CCCN2Cc2cn[nH]c2-c2ccc(Cl)cc2)C1=O.O=CO. The van der Waals surface area contributed by atoms with Crippen molar-refractivity contribution in [1.82, 2.24) is 20.0 Å². The third-order valence-corrected chi connectivity index (χ3v) is 6.36. The Morgan fingerprint density at radius 1 is 1.23 bits per heavy atom. The van der Waals surface area contributed by atoms with Crippen molar-refractivity contribution in [2.24, 2.45) is 0 Å². The Labute approximate surface area is 182 Å². The number of halogens is 1. The molecule has 0 bridgehead atoms. The summed E-state index contributed by atoms with van der Waals surface area (Å²) in [6.07, 6.45) is 5.97. The van der Waals surface area contributed by atoms with Gasteiger partial charge in [-0.2, -0.15) is 5.10 Å². The van der Waals surface area contributed by atoms with Gasteiger partial charge in [-0.15, -0.1) is 0 Å². The normalized spacial score (nSPS) is 21.7. The van der Waals surface area contributed by atoms with E-state index in [4.69, 9.17) is 21.5 Å². The second-order valence-corrected chi connectivity index (χ2v) is 8.57. The molecule has 8 heteroatoms. The Morgan fingerprint density at radius 2 is 1.87 bits per heavy atom. The molecule has 7 nitrogen and oxygen atoms in total. The summed E-state index contributed by atoms with van der Waals surface area (Å²) in [6.45, 7) is 6.57. The largest absolute Gasteiger partial charge is 0.483 e. The number of piperidine rings is 1. The van der Waals surface area contributed by atoms with Crippen molar-refractivity contribution in [3.63, 3.8) is 0 Å². The number of aromatic nitrogens is 2. The minimum Gasteiger partial charge on any atom is -0.483 e. The van der Waals surface area contributed by atoms with E-state index in [0.717, 1.165) is 67.2 Å². The summed E-state index contributed by atoms with van der Waals surface area (Å²) >= 11 is 6.03. The highest BCUT2D eigenvalue weighted by molar-refractivity contribution is 6.30. The van der Waals surface area contributed by atoms with Crippen molar-refractivity contribution in [3.05, 3.63) is 41.0 Å². The first-order chi connectivity index (χ1) is 14.4. The van der Waals surface area contributed by atoms with Crippen molar-refractivity contribution in [2.75, 3.05) is 13.1 Å². The summed E-state index contributed by atoms with van der Waals surface area (Å²) in [5, 5.41) is 15.0. The maximum atomic E-state index is 13.4. The summed E-state index contributed by atoms with van der Waals surface area (Å²) in [4.78, 5) is 26.2. The van der Waals surface area contributed by atoms with Crippen LogP contribution < -0.4 is 0 Å². The number of rotatable bonds is 4. The first-order valence-electron chi connectivity index (χ1n) is 10.3. The molecule has 0 radical (unpaired) electrons. The lowest BCUT2D eigenvalue weighted by Gasteiger charge is -2.46. The van der Waals surface area contributed by atoms with Gasteiger partial charge in [-0.25, -0.2) is 0 Å². The molecule has 30 heavy (non-hydrogen) atoms. The molecule has 2 fully saturated rings. The lowest BCUT2D eigenvalue weighted by Crippen LogP contribution is -2.61. The molecule has 2 aromatic rings. The molecule has 1 aromatic heterocycles. The van der Waals surface area contributed by atoms with Crippen LogP contribution in [-0.2, 0) is 16.1 Å². The maximum absolute atomic E-state index is 13.4. The van der Waals surface area contributed by atoms with E-state index in [1.807, 2.05) is 30.5 Å². The average Bonchev–Trinajstić information content (AvgIpc) is 3.33. The van der Waals surface area contributed by atoms with Gasteiger partial charge in [-0.1, -0.05) is 23.7 Å². The lowest BCUT2D eigenvalue weighted by molar-refractivity contribution is -0.149. The number of aromatic amines is 1.